The Morgan fingerprint density at radius 1 is 1.50 bits per heavy atom. The number of aliphatic carboxylic acids is 1. The molecule has 5 heteroatoms. The molecule has 0 heterocycles. The Morgan fingerprint density at radius 3 is 2.69 bits per heavy atom. The third-order valence-electron chi connectivity index (χ3n) is 2.16. The molecule has 0 bridgehead atoms. The topological polar surface area (TPSA) is 92.4 Å². The van der Waals surface area contributed by atoms with Crippen LogP contribution in [0.15, 0.2) is 24.3 Å². The fourth-order valence-corrected chi connectivity index (χ4v) is 1.26. The molecule has 0 aliphatic rings. The molecule has 0 unspecified atom stereocenters. The zero-order valence-electron chi connectivity index (χ0n) is 8.93. The van der Waals surface area contributed by atoms with Crippen molar-refractivity contribution in [1.29, 1.82) is 0 Å². The number of benzene rings is 1. The number of nitrogens with two attached hydrogens (primary N) is 1. The monoisotopic (exact) mass is 222 g/mol. The van der Waals surface area contributed by atoms with Crippen LogP contribution in [0.4, 0.5) is 5.69 Å². The number of anilines is 1. The molecule has 1 aromatic carbocycles. The van der Waals surface area contributed by atoms with Crippen LogP contribution in [0.2, 0.25) is 0 Å². The van der Waals surface area contributed by atoms with E-state index < -0.39 is 17.9 Å². The van der Waals surface area contributed by atoms with Crippen LogP contribution in [0.5, 0.6) is 0 Å². The summed E-state index contributed by atoms with van der Waals surface area (Å²) in [6, 6.07) is 5.52. The van der Waals surface area contributed by atoms with Crippen molar-refractivity contribution < 1.29 is 14.7 Å². The van der Waals surface area contributed by atoms with E-state index in [-0.39, 0.29) is 0 Å². The molecular formula is C11H14N2O3. The summed E-state index contributed by atoms with van der Waals surface area (Å²) in [6.07, 6.45) is 0.337. The highest BCUT2D eigenvalue weighted by molar-refractivity contribution is 5.97. The number of nitrogens with one attached hydrogen (secondary N) is 1. The quantitative estimate of drug-likeness (QED) is 0.659. The van der Waals surface area contributed by atoms with Gasteiger partial charge in [0.1, 0.15) is 6.04 Å². The molecule has 0 saturated carbocycles. The number of carboxylic acids is 1. The van der Waals surface area contributed by atoms with E-state index in [1.54, 1.807) is 25.1 Å². The maximum atomic E-state index is 11.6. The van der Waals surface area contributed by atoms with Gasteiger partial charge in [0.2, 0.25) is 0 Å². The van der Waals surface area contributed by atoms with Crippen LogP contribution in [0, 0.1) is 0 Å². The van der Waals surface area contributed by atoms with Crippen molar-refractivity contribution in [1.82, 2.24) is 5.32 Å². The van der Waals surface area contributed by atoms with Crippen molar-refractivity contribution in [3.63, 3.8) is 0 Å². The third-order valence-corrected chi connectivity index (χ3v) is 2.16. The van der Waals surface area contributed by atoms with Crippen LogP contribution in [-0.2, 0) is 4.79 Å². The summed E-state index contributed by atoms with van der Waals surface area (Å²) in [5.41, 5.74) is 6.35. The molecule has 0 saturated heterocycles. The van der Waals surface area contributed by atoms with Crippen molar-refractivity contribution in [2.45, 2.75) is 19.4 Å². The molecule has 0 radical (unpaired) electrons. The van der Waals surface area contributed by atoms with Gasteiger partial charge >= 0.3 is 5.97 Å². The molecule has 4 N–H and O–H groups in total. The first-order valence-corrected chi connectivity index (χ1v) is 4.93. The zero-order valence-corrected chi connectivity index (χ0v) is 8.93. The number of hydrogen-bond donors (Lipinski definition) is 3. The summed E-state index contributed by atoms with van der Waals surface area (Å²) >= 11 is 0. The van der Waals surface area contributed by atoms with Gasteiger partial charge in [-0.05, 0) is 24.6 Å². The lowest BCUT2D eigenvalue weighted by atomic mass is 10.1. The minimum absolute atomic E-state index is 0.337. The van der Waals surface area contributed by atoms with Gasteiger partial charge in [-0.1, -0.05) is 13.0 Å². The normalized spacial score (nSPS) is 11.8. The van der Waals surface area contributed by atoms with Gasteiger partial charge in [0.15, 0.2) is 0 Å². The van der Waals surface area contributed by atoms with Gasteiger partial charge < -0.3 is 16.2 Å². The maximum absolute atomic E-state index is 11.6. The Balaban J connectivity index is 2.75. The number of carboxylic acid groups (broad SMARTS) is 1. The number of carbonyl (C=O) groups excluding carboxylic acids is 1. The van der Waals surface area contributed by atoms with E-state index in [1.165, 1.54) is 6.07 Å². The fraction of sp³-hybridized carbons (Fsp3) is 0.273. The molecule has 1 aromatic rings. The SMILES string of the molecule is CC[C@@H](NC(=O)c1cccc(N)c1)C(=O)O. The van der Waals surface area contributed by atoms with Crippen LogP contribution in [-0.4, -0.2) is 23.0 Å². The summed E-state index contributed by atoms with van der Waals surface area (Å²) in [6.45, 7) is 1.69. The van der Waals surface area contributed by atoms with E-state index in [1.807, 2.05) is 0 Å². The third kappa shape index (κ3) is 2.98. The number of rotatable bonds is 4. The first-order valence-electron chi connectivity index (χ1n) is 4.93. The van der Waals surface area contributed by atoms with Gasteiger partial charge in [0.25, 0.3) is 5.91 Å². The minimum atomic E-state index is -1.04. The second-order valence-corrected chi connectivity index (χ2v) is 3.40. The highest BCUT2D eigenvalue weighted by atomic mass is 16.4. The number of nitrogen functional groups attached to an aromatic ring is 1. The Kier molecular flexibility index (Phi) is 3.88. The molecule has 5 nitrogen and oxygen atoms in total. The smallest absolute Gasteiger partial charge is 0.326 e. The maximum Gasteiger partial charge on any atom is 0.326 e. The molecule has 1 amide bonds. The predicted molar refractivity (Wildman–Crippen MR) is 60.0 cm³/mol. The number of hydrogen-bond acceptors (Lipinski definition) is 3. The van der Waals surface area contributed by atoms with Gasteiger partial charge in [-0.15, -0.1) is 0 Å². The van der Waals surface area contributed by atoms with Crippen molar-refractivity contribution in [3.05, 3.63) is 29.8 Å². The van der Waals surface area contributed by atoms with Gasteiger partial charge in [-0.3, -0.25) is 4.79 Å². The Hall–Kier alpha value is -2.04. The van der Waals surface area contributed by atoms with E-state index >= 15 is 0 Å². The first kappa shape index (κ1) is 12.0. The summed E-state index contributed by atoms with van der Waals surface area (Å²) in [5.74, 6) is -1.47. The van der Waals surface area contributed by atoms with Crippen molar-refractivity contribution in [2.24, 2.45) is 0 Å². The van der Waals surface area contributed by atoms with Crippen LogP contribution in [0.25, 0.3) is 0 Å². The predicted octanol–water partition coefficient (Wildman–Crippen LogP) is 0.862. The molecular weight excluding hydrogens is 208 g/mol. The summed E-state index contributed by atoms with van der Waals surface area (Å²) in [7, 11) is 0. The molecule has 0 spiro atoms. The average Bonchev–Trinajstić information content (AvgIpc) is 2.25. The van der Waals surface area contributed by atoms with Crippen LogP contribution >= 0.6 is 0 Å². The Bertz CT molecular complexity index is 404. The first-order chi connectivity index (χ1) is 7.54. The van der Waals surface area contributed by atoms with Crippen molar-refractivity contribution in [2.75, 3.05) is 5.73 Å². The van der Waals surface area contributed by atoms with Gasteiger partial charge in [-0.25, -0.2) is 4.79 Å². The number of carbonyl (C=O) groups is 2. The average molecular weight is 222 g/mol. The van der Waals surface area contributed by atoms with Crippen LogP contribution in [0.1, 0.15) is 23.7 Å². The molecule has 0 aromatic heterocycles. The zero-order chi connectivity index (χ0) is 12.1. The Labute approximate surface area is 93.3 Å². The lowest BCUT2D eigenvalue weighted by Crippen LogP contribution is -2.40. The highest BCUT2D eigenvalue weighted by Crippen LogP contribution is 2.06. The molecule has 1 rings (SSSR count). The van der Waals surface area contributed by atoms with Gasteiger partial charge in [0, 0.05) is 11.3 Å². The van der Waals surface area contributed by atoms with Gasteiger partial charge in [-0.2, -0.15) is 0 Å². The van der Waals surface area contributed by atoms with Gasteiger partial charge in [0.05, 0.1) is 0 Å². The molecule has 1 atom stereocenters. The number of amides is 1. The lowest BCUT2D eigenvalue weighted by Gasteiger charge is -2.12. The molecule has 0 aliphatic heterocycles. The van der Waals surface area contributed by atoms with E-state index in [0.29, 0.717) is 17.7 Å². The Morgan fingerprint density at radius 2 is 2.19 bits per heavy atom. The van der Waals surface area contributed by atoms with E-state index in [4.69, 9.17) is 10.8 Å². The van der Waals surface area contributed by atoms with Crippen LogP contribution < -0.4 is 11.1 Å². The highest BCUT2D eigenvalue weighted by Gasteiger charge is 2.18. The second kappa shape index (κ2) is 5.16. The van der Waals surface area contributed by atoms with Crippen LogP contribution in [0.3, 0.4) is 0 Å². The molecule has 16 heavy (non-hydrogen) atoms. The summed E-state index contributed by atoms with van der Waals surface area (Å²) in [4.78, 5) is 22.4. The summed E-state index contributed by atoms with van der Waals surface area (Å²) in [5, 5.41) is 11.2. The van der Waals surface area contributed by atoms with E-state index in [9.17, 15) is 9.59 Å². The minimum Gasteiger partial charge on any atom is -0.480 e. The molecule has 0 fully saturated rings. The summed E-state index contributed by atoms with van der Waals surface area (Å²) < 4.78 is 0. The van der Waals surface area contributed by atoms with E-state index in [0.717, 1.165) is 0 Å². The molecule has 86 valence electrons. The second-order valence-electron chi connectivity index (χ2n) is 3.40. The fourth-order valence-electron chi connectivity index (χ4n) is 1.26. The van der Waals surface area contributed by atoms with E-state index in [2.05, 4.69) is 5.32 Å². The molecule has 0 aliphatic carbocycles. The van der Waals surface area contributed by atoms with Crippen molar-refractivity contribution >= 4 is 17.6 Å². The largest absolute Gasteiger partial charge is 0.480 e. The van der Waals surface area contributed by atoms with Crippen molar-refractivity contribution in [3.8, 4) is 0 Å². The lowest BCUT2D eigenvalue weighted by molar-refractivity contribution is -0.139. The standard InChI is InChI=1S/C11H14N2O3/c1-2-9(11(15)16)13-10(14)7-4-3-5-8(12)6-7/h3-6,9H,2,12H2,1H3,(H,13,14)(H,15,16)/t9-/m1/s1.